The summed E-state index contributed by atoms with van der Waals surface area (Å²) < 4.78 is 5.57. The molecule has 3 atom stereocenters. The highest BCUT2D eigenvalue weighted by atomic mass is 16.6. The van der Waals surface area contributed by atoms with Gasteiger partial charge in [-0.1, -0.05) is 0 Å². The van der Waals surface area contributed by atoms with Crippen molar-refractivity contribution in [3.8, 4) is 5.75 Å². The molecule has 15 heteroatoms. The number of benzene rings is 1. The van der Waals surface area contributed by atoms with Crippen molar-refractivity contribution in [2.45, 2.75) is 56.7 Å². The second-order valence-electron chi connectivity index (χ2n) is 8.34. The van der Waals surface area contributed by atoms with Crippen LogP contribution in [0.25, 0.3) is 0 Å². The number of aliphatic carboxylic acids is 1. The fourth-order valence-electron chi connectivity index (χ4n) is 3.59. The van der Waals surface area contributed by atoms with Gasteiger partial charge in [-0.25, -0.2) is 0 Å². The highest BCUT2D eigenvalue weighted by Gasteiger charge is 2.31. The maximum atomic E-state index is 13.1. The molecule has 1 aromatic carbocycles. The minimum absolute atomic E-state index is 0.0910. The number of nitrogens with two attached hydrogens (primary N) is 2. The quantitative estimate of drug-likeness (QED) is 0.130. The van der Waals surface area contributed by atoms with E-state index in [1.54, 1.807) is 0 Å². The molecule has 0 radical (unpaired) electrons. The van der Waals surface area contributed by atoms with Crippen molar-refractivity contribution in [3.63, 3.8) is 0 Å². The first-order valence-electron chi connectivity index (χ1n) is 11.6. The highest BCUT2D eigenvalue weighted by Crippen LogP contribution is 2.25. The van der Waals surface area contributed by atoms with Crippen LogP contribution in [0.2, 0.25) is 0 Å². The van der Waals surface area contributed by atoms with Gasteiger partial charge in [-0.2, -0.15) is 0 Å². The van der Waals surface area contributed by atoms with Crippen molar-refractivity contribution < 1.29 is 38.7 Å². The Bertz CT molecular complexity index is 1050. The van der Waals surface area contributed by atoms with Gasteiger partial charge in [0.1, 0.15) is 23.9 Å². The molecule has 0 spiro atoms. The van der Waals surface area contributed by atoms with Gasteiger partial charge >= 0.3 is 5.97 Å². The third-order valence-electron chi connectivity index (χ3n) is 5.59. The molecule has 0 bridgehead atoms. The SMILES string of the molecule is NCCCC[C@@H]1NC(=O)[C@@H](CCC(=O)O)NC(=O)c2cc([N+](=O)[O-])ccc2OCC[C@@H](C(N)=O)NC1=O. The Morgan fingerprint density at radius 1 is 1.08 bits per heavy atom. The summed E-state index contributed by atoms with van der Waals surface area (Å²) in [5.74, 6) is -4.68. The zero-order valence-corrected chi connectivity index (χ0v) is 19.9. The second-order valence-corrected chi connectivity index (χ2v) is 8.34. The van der Waals surface area contributed by atoms with E-state index >= 15 is 0 Å². The summed E-state index contributed by atoms with van der Waals surface area (Å²) in [6.07, 6.45) is 0.211. The van der Waals surface area contributed by atoms with E-state index in [0.717, 1.165) is 12.1 Å². The average Bonchev–Trinajstić information content (AvgIpc) is 2.84. The zero-order valence-electron chi connectivity index (χ0n) is 19.9. The molecule has 1 aliphatic heterocycles. The molecule has 1 aromatic rings. The summed E-state index contributed by atoms with van der Waals surface area (Å²) in [6.45, 7) is 0.144. The number of primary amides is 1. The lowest BCUT2D eigenvalue weighted by Gasteiger charge is -2.25. The molecule has 0 saturated carbocycles. The van der Waals surface area contributed by atoms with Gasteiger partial charge in [0.15, 0.2) is 0 Å². The summed E-state index contributed by atoms with van der Waals surface area (Å²) in [4.78, 5) is 72.7. The normalized spacial score (nSPS) is 20.8. The number of fused-ring (bicyclic) bond motifs is 1. The molecule has 8 N–H and O–H groups in total. The summed E-state index contributed by atoms with van der Waals surface area (Å²) in [5, 5.41) is 27.7. The van der Waals surface area contributed by atoms with Gasteiger partial charge in [-0.3, -0.25) is 34.1 Å². The summed E-state index contributed by atoms with van der Waals surface area (Å²) in [6, 6.07) is -0.494. The number of nitrogens with one attached hydrogen (secondary N) is 3. The molecule has 202 valence electrons. The number of ether oxygens (including phenoxy) is 1. The second kappa shape index (κ2) is 13.7. The molecule has 0 saturated heterocycles. The lowest BCUT2D eigenvalue weighted by atomic mass is 10.0. The van der Waals surface area contributed by atoms with E-state index in [9.17, 15) is 34.1 Å². The molecule has 15 nitrogen and oxygen atoms in total. The Morgan fingerprint density at radius 2 is 1.76 bits per heavy atom. The van der Waals surface area contributed by atoms with Crippen LogP contribution in [-0.2, 0) is 19.2 Å². The maximum Gasteiger partial charge on any atom is 0.303 e. The Kier molecular flexibility index (Phi) is 10.7. The van der Waals surface area contributed by atoms with Crippen LogP contribution in [0.1, 0.15) is 48.9 Å². The van der Waals surface area contributed by atoms with Crippen LogP contribution < -0.4 is 32.2 Å². The van der Waals surface area contributed by atoms with Crippen LogP contribution in [0.3, 0.4) is 0 Å². The molecule has 0 aromatic heterocycles. The third-order valence-corrected chi connectivity index (χ3v) is 5.59. The maximum absolute atomic E-state index is 13.1. The number of carboxylic acid groups (broad SMARTS) is 1. The number of hydrogen-bond acceptors (Lipinski definition) is 9. The van der Waals surface area contributed by atoms with Crippen molar-refractivity contribution in [1.29, 1.82) is 0 Å². The number of carbonyl (C=O) groups is 5. The molecule has 1 heterocycles. The van der Waals surface area contributed by atoms with Gasteiger partial charge in [0.25, 0.3) is 11.6 Å². The smallest absolute Gasteiger partial charge is 0.303 e. The Balaban J connectivity index is 2.48. The first-order chi connectivity index (χ1) is 17.5. The van der Waals surface area contributed by atoms with Gasteiger partial charge in [0.05, 0.1) is 17.1 Å². The van der Waals surface area contributed by atoms with E-state index in [2.05, 4.69) is 16.0 Å². The van der Waals surface area contributed by atoms with Gasteiger partial charge in [0, 0.05) is 25.0 Å². The number of nitro groups is 1. The van der Waals surface area contributed by atoms with Gasteiger partial charge < -0.3 is 37.3 Å². The van der Waals surface area contributed by atoms with E-state index < -0.39 is 64.8 Å². The lowest BCUT2D eigenvalue weighted by Crippen LogP contribution is -2.56. The summed E-state index contributed by atoms with van der Waals surface area (Å²) >= 11 is 0. The first-order valence-corrected chi connectivity index (χ1v) is 11.6. The number of nitrogens with zero attached hydrogens (tertiary/aromatic N) is 1. The molecule has 4 amide bonds. The molecular weight excluding hydrogens is 492 g/mol. The predicted octanol–water partition coefficient (Wildman–Crippen LogP) is -1.08. The van der Waals surface area contributed by atoms with E-state index in [4.69, 9.17) is 21.3 Å². The monoisotopic (exact) mass is 522 g/mol. The van der Waals surface area contributed by atoms with E-state index in [1.807, 2.05) is 0 Å². The number of nitro benzene ring substituents is 1. The molecule has 0 unspecified atom stereocenters. The molecular formula is C22H30N6O9. The number of unbranched alkanes of at least 4 members (excludes halogenated alkanes) is 1. The van der Waals surface area contributed by atoms with Crippen LogP contribution in [-0.4, -0.2) is 70.9 Å². The number of rotatable bonds is 9. The summed E-state index contributed by atoms with van der Waals surface area (Å²) in [7, 11) is 0. The highest BCUT2D eigenvalue weighted by molar-refractivity contribution is 6.01. The van der Waals surface area contributed by atoms with Crippen molar-refractivity contribution in [1.82, 2.24) is 16.0 Å². The van der Waals surface area contributed by atoms with Crippen LogP contribution in [0.4, 0.5) is 5.69 Å². The van der Waals surface area contributed by atoms with E-state index in [-0.39, 0.29) is 37.2 Å². The van der Waals surface area contributed by atoms with Crippen molar-refractivity contribution in [2.75, 3.05) is 13.2 Å². The summed E-state index contributed by atoms with van der Waals surface area (Å²) in [5.41, 5.74) is 10.2. The first kappa shape index (κ1) is 29.0. The topological polar surface area (TPSA) is 246 Å². The Labute approximate surface area is 211 Å². The fourth-order valence-corrected chi connectivity index (χ4v) is 3.59. The van der Waals surface area contributed by atoms with E-state index in [1.165, 1.54) is 6.07 Å². The largest absolute Gasteiger partial charge is 0.493 e. The van der Waals surface area contributed by atoms with Crippen LogP contribution in [0.15, 0.2) is 18.2 Å². The molecule has 2 rings (SSSR count). The van der Waals surface area contributed by atoms with Gasteiger partial charge in [0.2, 0.25) is 17.7 Å². The lowest BCUT2D eigenvalue weighted by molar-refractivity contribution is -0.384. The van der Waals surface area contributed by atoms with Gasteiger partial charge in [-0.05, 0) is 38.3 Å². The number of non-ortho nitro benzene ring substituents is 1. The third kappa shape index (κ3) is 8.71. The molecule has 37 heavy (non-hydrogen) atoms. The number of carbonyl (C=O) groups excluding carboxylic acids is 4. The van der Waals surface area contributed by atoms with Crippen LogP contribution in [0, 0.1) is 10.1 Å². The predicted molar refractivity (Wildman–Crippen MR) is 127 cm³/mol. The molecule has 0 fully saturated rings. The van der Waals surface area contributed by atoms with Crippen molar-refractivity contribution in [2.24, 2.45) is 11.5 Å². The minimum atomic E-state index is -1.41. The van der Waals surface area contributed by atoms with Crippen LogP contribution >= 0.6 is 0 Å². The van der Waals surface area contributed by atoms with Crippen molar-refractivity contribution >= 4 is 35.3 Å². The molecule has 1 aliphatic rings. The van der Waals surface area contributed by atoms with E-state index in [0.29, 0.717) is 19.4 Å². The number of amides is 4. The average molecular weight is 523 g/mol. The number of hydrogen-bond donors (Lipinski definition) is 6. The van der Waals surface area contributed by atoms with Gasteiger partial charge in [-0.15, -0.1) is 0 Å². The van der Waals surface area contributed by atoms with Crippen molar-refractivity contribution in [3.05, 3.63) is 33.9 Å². The Hall–Kier alpha value is -4.27. The minimum Gasteiger partial charge on any atom is -0.493 e. The molecule has 0 aliphatic carbocycles. The number of carboxylic acids is 1. The Morgan fingerprint density at radius 3 is 2.38 bits per heavy atom. The standard InChI is InChI=1S/C22H30N6O9/c23-9-2-1-3-15-21(33)25-14(19(24)31)8-10-37-17-6-4-12(28(35)36)11-13(17)20(32)26-16(22(34)27-15)5-7-18(29)30/h4,6,11,14-16H,1-3,5,7-10,23H2,(H2,24,31)(H,25,33)(H,26,32)(H,27,34)(H,29,30)/t14-,15-,16+/m0/s1. The van der Waals surface area contributed by atoms with Crippen LogP contribution in [0.5, 0.6) is 5.75 Å². The fraction of sp³-hybridized carbons (Fsp3) is 0.500. The zero-order chi connectivity index (χ0) is 27.5.